The van der Waals surface area contributed by atoms with Crippen LogP contribution in [0, 0.1) is 0 Å². The van der Waals surface area contributed by atoms with Crippen LogP contribution in [0.1, 0.15) is 26.7 Å². The molecule has 0 aliphatic carbocycles. The maximum atomic E-state index is 11.9. The molecule has 0 radical (unpaired) electrons. The molecular weight excluding hydrogens is 200 g/mol. The molecule has 0 saturated carbocycles. The minimum absolute atomic E-state index is 0.168. The van der Waals surface area contributed by atoms with Gasteiger partial charge >= 0.3 is 6.03 Å². The lowest BCUT2D eigenvalue weighted by atomic mass is 10.4. The highest BCUT2D eigenvalue weighted by molar-refractivity contribution is 5.76. The fourth-order valence-corrected chi connectivity index (χ4v) is 1.71. The van der Waals surface area contributed by atoms with Crippen molar-refractivity contribution in [2.45, 2.75) is 26.7 Å². The first-order valence-corrected chi connectivity index (χ1v) is 6.13. The second kappa shape index (κ2) is 7.09. The van der Waals surface area contributed by atoms with E-state index < -0.39 is 0 Å². The number of hydrogen-bond donors (Lipinski definition) is 0. The van der Waals surface area contributed by atoms with Crippen LogP contribution >= 0.6 is 0 Å². The number of amides is 2. The standard InChI is InChI=1S/C13H22N2O/c1-3-5-7-9-14-11-12-15(13(14)16)10-8-6-4-2/h5-8H,3-4,9-12H2,1-2H3/b7-5-,8-6-. The van der Waals surface area contributed by atoms with E-state index in [4.69, 9.17) is 0 Å². The summed E-state index contributed by atoms with van der Waals surface area (Å²) in [5.41, 5.74) is 0. The second-order valence-electron chi connectivity index (χ2n) is 3.93. The van der Waals surface area contributed by atoms with Crippen molar-refractivity contribution in [1.29, 1.82) is 0 Å². The quantitative estimate of drug-likeness (QED) is 0.634. The third-order valence-corrected chi connectivity index (χ3v) is 2.64. The summed E-state index contributed by atoms with van der Waals surface area (Å²) in [6, 6.07) is 0.168. The van der Waals surface area contributed by atoms with Crippen LogP contribution in [0.4, 0.5) is 4.79 Å². The van der Waals surface area contributed by atoms with Crippen LogP contribution in [0.2, 0.25) is 0 Å². The van der Waals surface area contributed by atoms with Crippen LogP contribution in [-0.4, -0.2) is 42.0 Å². The molecule has 3 nitrogen and oxygen atoms in total. The Bertz CT molecular complexity index is 245. The highest BCUT2D eigenvalue weighted by atomic mass is 16.2. The average molecular weight is 222 g/mol. The molecule has 0 N–H and O–H groups in total. The van der Waals surface area contributed by atoms with E-state index in [0.717, 1.165) is 39.0 Å². The minimum atomic E-state index is 0.168. The average Bonchev–Trinajstić information content (AvgIpc) is 2.62. The Balaban J connectivity index is 2.35. The lowest BCUT2D eigenvalue weighted by Gasteiger charge is -2.15. The van der Waals surface area contributed by atoms with Crippen LogP contribution in [0.5, 0.6) is 0 Å². The van der Waals surface area contributed by atoms with Crippen molar-refractivity contribution < 1.29 is 4.79 Å². The zero-order valence-corrected chi connectivity index (χ0v) is 10.4. The first-order chi connectivity index (χ1) is 7.79. The van der Waals surface area contributed by atoms with E-state index in [0.29, 0.717) is 0 Å². The molecule has 0 aromatic carbocycles. The van der Waals surface area contributed by atoms with Gasteiger partial charge in [-0.3, -0.25) is 0 Å². The number of nitrogens with zero attached hydrogens (tertiary/aromatic N) is 2. The SMILES string of the molecule is CC/C=C\CN1CCN(C/C=C\CC)C1=O. The number of carbonyl (C=O) groups is 1. The van der Waals surface area contributed by atoms with Crippen molar-refractivity contribution in [3.63, 3.8) is 0 Å². The fourth-order valence-electron chi connectivity index (χ4n) is 1.71. The van der Waals surface area contributed by atoms with Crippen LogP contribution in [0.3, 0.4) is 0 Å². The van der Waals surface area contributed by atoms with Gasteiger partial charge in [0.2, 0.25) is 0 Å². The van der Waals surface area contributed by atoms with Gasteiger partial charge in [0, 0.05) is 26.2 Å². The molecule has 0 unspecified atom stereocenters. The molecule has 3 heteroatoms. The zero-order valence-electron chi connectivity index (χ0n) is 10.4. The molecule has 1 heterocycles. The fraction of sp³-hybridized carbons (Fsp3) is 0.615. The summed E-state index contributed by atoms with van der Waals surface area (Å²) in [6.45, 7) is 7.41. The van der Waals surface area contributed by atoms with Gasteiger partial charge < -0.3 is 9.80 Å². The monoisotopic (exact) mass is 222 g/mol. The summed E-state index contributed by atoms with van der Waals surface area (Å²) in [4.78, 5) is 15.7. The molecule has 1 fully saturated rings. The Kier molecular flexibility index (Phi) is 5.68. The van der Waals surface area contributed by atoms with E-state index >= 15 is 0 Å². The summed E-state index contributed by atoms with van der Waals surface area (Å²) < 4.78 is 0. The van der Waals surface area contributed by atoms with E-state index in [1.165, 1.54) is 0 Å². The third kappa shape index (κ3) is 3.72. The van der Waals surface area contributed by atoms with E-state index in [9.17, 15) is 4.79 Å². The van der Waals surface area contributed by atoms with Crippen molar-refractivity contribution in [1.82, 2.24) is 9.80 Å². The van der Waals surface area contributed by atoms with Crippen LogP contribution in [0.15, 0.2) is 24.3 Å². The number of hydrogen-bond acceptors (Lipinski definition) is 1. The number of allylic oxidation sites excluding steroid dienone is 2. The van der Waals surface area contributed by atoms with Gasteiger partial charge in [-0.05, 0) is 12.8 Å². The Morgan fingerprint density at radius 2 is 1.38 bits per heavy atom. The van der Waals surface area contributed by atoms with Gasteiger partial charge in [-0.15, -0.1) is 0 Å². The van der Waals surface area contributed by atoms with E-state index in [1.54, 1.807) is 0 Å². The molecule has 1 rings (SSSR count). The van der Waals surface area contributed by atoms with Crippen LogP contribution in [-0.2, 0) is 0 Å². The van der Waals surface area contributed by atoms with Crippen LogP contribution in [0.25, 0.3) is 0 Å². The lowest BCUT2D eigenvalue weighted by molar-refractivity contribution is 0.199. The van der Waals surface area contributed by atoms with Gasteiger partial charge in [-0.2, -0.15) is 0 Å². The Morgan fingerprint density at radius 1 is 0.938 bits per heavy atom. The van der Waals surface area contributed by atoms with Gasteiger partial charge in [-0.1, -0.05) is 38.2 Å². The van der Waals surface area contributed by atoms with E-state index in [1.807, 2.05) is 9.80 Å². The second-order valence-corrected chi connectivity index (χ2v) is 3.93. The molecule has 1 saturated heterocycles. The molecule has 16 heavy (non-hydrogen) atoms. The number of rotatable bonds is 6. The maximum absolute atomic E-state index is 11.9. The molecule has 0 aromatic heterocycles. The molecule has 0 atom stereocenters. The van der Waals surface area contributed by atoms with Gasteiger partial charge in [0.05, 0.1) is 0 Å². The molecule has 0 aromatic rings. The van der Waals surface area contributed by atoms with Crippen molar-refractivity contribution in [2.75, 3.05) is 26.2 Å². The third-order valence-electron chi connectivity index (χ3n) is 2.64. The normalized spacial score (nSPS) is 17.2. The Hall–Kier alpha value is -1.25. The van der Waals surface area contributed by atoms with Crippen molar-refractivity contribution in [3.05, 3.63) is 24.3 Å². The zero-order chi connectivity index (χ0) is 11.8. The highest BCUT2D eigenvalue weighted by Gasteiger charge is 2.25. The largest absolute Gasteiger partial charge is 0.320 e. The topological polar surface area (TPSA) is 23.6 Å². The summed E-state index contributed by atoms with van der Waals surface area (Å²) in [7, 11) is 0. The van der Waals surface area contributed by atoms with Crippen molar-refractivity contribution in [2.24, 2.45) is 0 Å². The summed E-state index contributed by atoms with van der Waals surface area (Å²) in [5, 5.41) is 0. The lowest BCUT2D eigenvalue weighted by Crippen LogP contribution is -2.32. The summed E-state index contributed by atoms with van der Waals surface area (Å²) in [5.74, 6) is 0. The van der Waals surface area contributed by atoms with Gasteiger partial charge in [0.15, 0.2) is 0 Å². The van der Waals surface area contributed by atoms with E-state index in [2.05, 4.69) is 38.2 Å². The summed E-state index contributed by atoms with van der Waals surface area (Å²) in [6.07, 6.45) is 10.4. The predicted molar refractivity (Wildman–Crippen MR) is 67.4 cm³/mol. The highest BCUT2D eigenvalue weighted by Crippen LogP contribution is 2.08. The molecule has 1 aliphatic heterocycles. The first kappa shape index (κ1) is 12.8. The summed E-state index contributed by atoms with van der Waals surface area (Å²) >= 11 is 0. The Labute approximate surface area is 98.4 Å². The molecule has 0 bridgehead atoms. The van der Waals surface area contributed by atoms with Crippen molar-refractivity contribution in [3.8, 4) is 0 Å². The van der Waals surface area contributed by atoms with Crippen molar-refractivity contribution >= 4 is 6.03 Å². The number of urea groups is 1. The van der Waals surface area contributed by atoms with Gasteiger partial charge in [0.25, 0.3) is 0 Å². The Morgan fingerprint density at radius 3 is 1.75 bits per heavy atom. The minimum Gasteiger partial charge on any atom is -0.319 e. The smallest absolute Gasteiger partial charge is 0.319 e. The molecule has 0 spiro atoms. The molecular formula is C13H22N2O. The molecule has 2 amide bonds. The maximum Gasteiger partial charge on any atom is 0.320 e. The van der Waals surface area contributed by atoms with Gasteiger partial charge in [-0.25, -0.2) is 4.79 Å². The van der Waals surface area contributed by atoms with Crippen LogP contribution < -0.4 is 0 Å². The number of carbonyl (C=O) groups excluding carboxylic acids is 1. The van der Waals surface area contributed by atoms with E-state index in [-0.39, 0.29) is 6.03 Å². The molecule has 90 valence electrons. The predicted octanol–water partition coefficient (Wildman–Crippen LogP) is 2.66. The molecule has 1 aliphatic rings. The first-order valence-electron chi connectivity index (χ1n) is 6.13. The van der Waals surface area contributed by atoms with Gasteiger partial charge in [0.1, 0.15) is 0 Å².